The van der Waals surface area contributed by atoms with Gasteiger partial charge in [-0.25, -0.2) is 9.59 Å². The molecular weight excluding hydrogens is 386 g/mol. The number of carbonyl (C=O) groups excluding carboxylic acids is 2. The summed E-state index contributed by atoms with van der Waals surface area (Å²) in [5, 5.41) is 9.35. The van der Waals surface area contributed by atoms with Gasteiger partial charge < -0.3 is 19.6 Å². The zero-order valence-electron chi connectivity index (χ0n) is 17.2. The van der Waals surface area contributed by atoms with Gasteiger partial charge in [0.1, 0.15) is 0 Å². The van der Waals surface area contributed by atoms with Crippen LogP contribution >= 0.6 is 0 Å². The summed E-state index contributed by atoms with van der Waals surface area (Å²) in [7, 11) is 3.18. The third kappa shape index (κ3) is 7.54. The van der Waals surface area contributed by atoms with Crippen molar-refractivity contribution < 1.29 is 24.2 Å². The van der Waals surface area contributed by atoms with E-state index in [1.807, 2.05) is 24.3 Å². The summed E-state index contributed by atoms with van der Waals surface area (Å²) < 4.78 is 5.13. The number of rotatable bonds is 10. The van der Waals surface area contributed by atoms with E-state index in [9.17, 15) is 19.5 Å². The van der Waals surface area contributed by atoms with Crippen LogP contribution in [0.3, 0.4) is 0 Å². The molecule has 2 amide bonds. The lowest BCUT2D eigenvalue weighted by atomic mass is 10.1. The van der Waals surface area contributed by atoms with Crippen molar-refractivity contribution in [2.45, 2.75) is 25.4 Å². The molecule has 1 N–H and O–H groups in total. The SMILES string of the molecule is CN(CCc1ccccn1)C(=O)CCN(C)C(=O)O[C@@H](Cc1ccccc1)C(=O)O. The molecule has 0 aliphatic rings. The lowest BCUT2D eigenvalue weighted by Crippen LogP contribution is -2.38. The second kappa shape index (κ2) is 11.5. The zero-order chi connectivity index (χ0) is 21.9. The van der Waals surface area contributed by atoms with E-state index >= 15 is 0 Å². The number of benzene rings is 1. The Morgan fingerprint density at radius 2 is 1.70 bits per heavy atom. The number of aromatic nitrogens is 1. The monoisotopic (exact) mass is 413 g/mol. The van der Waals surface area contributed by atoms with Crippen molar-refractivity contribution in [3.8, 4) is 0 Å². The number of carbonyl (C=O) groups is 3. The molecule has 30 heavy (non-hydrogen) atoms. The number of carboxylic acids is 1. The van der Waals surface area contributed by atoms with Crippen LogP contribution in [0, 0.1) is 0 Å². The number of aliphatic carboxylic acids is 1. The summed E-state index contributed by atoms with van der Waals surface area (Å²) in [6.45, 7) is 0.644. The highest BCUT2D eigenvalue weighted by atomic mass is 16.6. The smallest absolute Gasteiger partial charge is 0.410 e. The Hall–Kier alpha value is -3.42. The average Bonchev–Trinajstić information content (AvgIpc) is 2.76. The molecular formula is C22H27N3O5. The largest absolute Gasteiger partial charge is 0.478 e. The number of pyridine rings is 1. The molecule has 0 unspecified atom stereocenters. The van der Waals surface area contributed by atoms with Crippen molar-refractivity contribution in [3.05, 3.63) is 66.0 Å². The molecule has 0 fully saturated rings. The predicted octanol–water partition coefficient (Wildman–Crippen LogP) is 2.24. The first-order chi connectivity index (χ1) is 14.4. The van der Waals surface area contributed by atoms with Crippen molar-refractivity contribution in [3.63, 3.8) is 0 Å². The molecule has 0 spiro atoms. The fourth-order valence-corrected chi connectivity index (χ4v) is 2.72. The number of ether oxygens (including phenoxy) is 1. The molecule has 0 radical (unpaired) electrons. The number of hydrogen-bond donors (Lipinski definition) is 1. The summed E-state index contributed by atoms with van der Waals surface area (Å²) in [6.07, 6.45) is 0.466. The van der Waals surface area contributed by atoms with Gasteiger partial charge in [0.05, 0.1) is 0 Å². The normalized spacial score (nSPS) is 11.4. The summed E-state index contributed by atoms with van der Waals surface area (Å²) >= 11 is 0. The van der Waals surface area contributed by atoms with E-state index in [1.54, 1.807) is 42.4 Å². The minimum absolute atomic E-state index is 0.0743. The fraction of sp³-hybridized carbons (Fsp3) is 0.364. The van der Waals surface area contributed by atoms with Gasteiger partial charge in [-0.2, -0.15) is 0 Å². The van der Waals surface area contributed by atoms with Gasteiger partial charge in [0.2, 0.25) is 12.0 Å². The first kappa shape index (κ1) is 22.9. The molecule has 2 rings (SSSR count). The van der Waals surface area contributed by atoms with E-state index in [0.717, 1.165) is 11.3 Å². The molecule has 8 heteroatoms. The van der Waals surface area contributed by atoms with Gasteiger partial charge in [-0.3, -0.25) is 9.78 Å². The fourth-order valence-electron chi connectivity index (χ4n) is 2.72. The maximum absolute atomic E-state index is 12.3. The van der Waals surface area contributed by atoms with Gasteiger partial charge in [0, 0.05) is 58.3 Å². The summed E-state index contributed by atoms with van der Waals surface area (Å²) in [6, 6.07) is 14.6. The molecule has 0 aliphatic heterocycles. The maximum atomic E-state index is 12.3. The average molecular weight is 413 g/mol. The van der Waals surface area contributed by atoms with Crippen molar-refractivity contribution in [2.24, 2.45) is 0 Å². The van der Waals surface area contributed by atoms with Crippen LogP contribution in [0.4, 0.5) is 4.79 Å². The molecule has 1 atom stereocenters. The Balaban J connectivity index is 1.78. The van der Waals surface area contributed by atoms with Gasteiger partial charge in [-0.1, -0.05) is 36.4 Å². The predicted molar refractivity (Wildman–Crippen MR) is 111 cm³/mol. The van der Waals surface area contributed by atoms with Crippen LogP contribution < -0.4 is 0 Å². The van der Waals surface area contributed by atoms with Gasteiger partial charge in [-0.15, -0.1) is 0 Å². The molecule has 1 heterocycles. The minimum Gasteiger partial charge on any atom is -0.478 e. The Morgan fingerprint density at radius 1 is 1.00 bits per heavy atom. The van der Waals surface area contributed by atoms with Crippen LogP contribution in [-0.2, 0) is 27.2 Å². The van der Waals surface area contributed by atoms with E-state index in [0.29, 0.717) is 13.0 Å². The highest BCUT2D eigenvalue weighted by Gasteiger charge is 2.25. The third-order valence-corrected chi connectivity index (χ3v) is 4.61. The molecule has 1 aromatic heterocycles. The van der Waals surface area contributed by atoms with Crippen LogP contribution in [0.1, 0.15) is 17.7 Å². The number of amides is 2. The quantitative estimate of drug-likeness (QED) is 0.641. The summed E-state index contributed by atoms with van der Waals surface area (Å²) in [5.41, 5.74) is 1.65. The summed E-state index contributed by atoms with van der Waals surface area (Å²) in [4.78, 5) is 43.0. The standard InChI is InChI=1S/C22H27N3O5/c1-24(14-11-18-10-6-7-13-23-18)20(26)12-15-25(2)22(29)30-19(21(27)28)16-17-8-4-3-5-9-17/h3-10,13,19H,11-12,14-16H2,1-2H3,(H,27,28)/t19-/m0/s1. The van der Waals surface area contributed by atoms with Gasteiger partial charge in [0.15, 0.2) is 0 Å². The Labute approximate surface area is 176 Å². The third-order valence-electron chi connectivity index (χ3n) is 4.61. The van der Waals surface area contributed by atoms with Gasteiger partial charge in [-0.05, 0) is 17.7 Å². The van der Waals surface area contributed by atoms with Gasteiger partial charge in [0.25, 0.3) is 0 Å². The molecule has 2 aromatic rings. The van der Waals surface area contributed by atoms with Crippen molar-refractivity contribution >= 4 is 18.0 Å². The molecule has 8 nitrogen and oxygen atoms in total. The van der Waals surface area contributed by atoms with E-state index in [-0.39, 0.29) is 25.3 Å². The Morgan fingerprint density at radius 3 is 2.33 bits per heavy atom. The first-order valence-corrected chi connectivity index (χ1v) is 9.69. The van der Waals surface area contributed by atoms with Crippen LogP contribution in [0.15, 0.2) is 54.7 Å². The number of carboxylic acid groups (broad SMARTS) is 1. The van der Waals surface area contributed by atoms with E-state index < -0.39 is 18.2 Å². The minimum atomic E-state index is -1.29. The van der Waals surface area contributed by atoms with Crippen LogP contribution in [0.2, 0.25) is 0 Å². The van der Waals surface area contributed by atoms with E-state index in [1.165, 1.54) is 11.9 Å². The number of likely N-dealkylation sites (N-methyl/N-ethyl adjacent to an activating group) is 1. The lowest BCUT2D eigenvalue weighted by molar-refractivity contribution is -0.147. The zero-order valence-corrected chi connectivity index (χ0v) is 17.2. The van der Waals surface area contributed by atoms with E-state index in [2.05, 4.69) is 4.98 Å². The molecule has 0 saturated heterocycles. The Bertz CT molecular complexity index is 829. The number of hydrogen-bond acceptors (Lipinski definition) is 5. The first-order valence-electron chi connectivity index (χ1n) is 9.69. The van der Waals surface area contributed by atoms with Crippen molar-refractivity contribution in [2.75, 3.05) is 27.2 Å². The highest BCUT2D eigenvalue weighted by Crippen LogP contribution is 2.09. The van der Waals surface area contributed by atoms with Crippen molar-refractivity contribution in [1.82, 2.24) is 14.8 Å². The van der Waals surface area contributed by atoms with Gasteiger partial charge >= 0.3 is 12.1 Å². The van der Waals surface area contributed by atoms with Crippen LogP contribution in [0.25, 0.3) is 0 Å². The van der Waals surface area contributed by atoms with E-state index in [4.69, 9.17) is 4.74 Å². The van der Waals surface area contributed by atoms with Crippen LogP contribution in [-0.4, -0.2) is 71.1 Å². The molecule has 1 aromatic carbocycles. The van der Waals surface area contributed by atoms with Crippen molar-refractivity contribution in [1.29, 1.82) is 0 Å². The second-order valence-electron chi connectivity index (χ2n) is 6.96. The molecule has 0 aliphatic carbocycles. The maximum Gasteiger partial charge on any atom is 0.410 e. The topological polar surface area (TPSA) is 100 Å². The summed E-state index contributed by atoms with van der Waals surface area (Å²) in [5.74, 6) is -1.34. The Kier molecular flexibility index (Phi) is 8.80. The number of nitrogens with zero attached hydrogens (tertiary/aromatic N) is 3. The molecule has 0 bridgehead atoms. The lowest BCUT2D eigenvalue weighted by Gasteiger charge is -2.22. The molecule has 160 valence electrons. The highest BCUT2D eigenvalue weighted by molar-refractivity contribution is 5.79. The second-order valence-corrected chi connectivity index (χ2v) is 6.96. The van der Waals surface area contributed by atoms with Crippen LogP contribution in [0.5, 0.6) is 0 Å². The molecule has 0 saturated carbocycles.